The minimum atomic E-state index is -0.237. The molecule has 0 N–H and O–H groups in total. The van der Waals surface area contributed by atoms with Crippen molar-refractivity contribution in [1.82, 2.24) is 4.90 Å². The van der Waals surface area contributed by atoms with E-state index in [1.54, 1.807) is 0 Å². The van der Waals surface area contributed by atoms with Crippen molar-refractivity contribution in [3.05, 3.63) is 0 Å². The molecule has 0 aromatic carbocycles. The number of unbranched alkanes of at least 4 members (excludes halogenated alkanes) is 2. The van der Waals surface area contributed by atoms with Gasteiger partial charge >= 0.3 is 5.97 Å². The first-order chi connectivity index (χ1) is 8.60. The summed E-state index contributed by atoms with van der Waals surface area (Å²) in [6, 6.07) is 0. The second kappa shape index (κ2) is 7.39. The van der Waals surface area contributed by atoms with Gasteiger partial charge in [-0.1, -0.05) is 26.7 Å². The maximum absolute atomic E-state index is 12.1. The van der Waals surface area contributed by atoms with Gasteiger partial charge in [0.2, 0.25) is 5.91 Å². The van der Waals surface area contributed by atoms with Crippen LogP contribution in [-0.4, -0.2) is 37.0 Å². The summed E-state index contributed by atoms with van der Waals surface area (Å²) in [5.74, 6) is -0.0308. The molecule has 4 heteroatoms. The SMILES string of the molecule is CCCCCN(CC(C)C(=O)OC)C(=O)C1CC1. The van der Waals surface area contributed by atoms with Crippen molar-refractivity contribution in [2.24, 2.45) is 11.8 Å². The number of hydrogen-bond acceptors (Lipinski definition) is 3. The first-order valence-corrected chi connectivity index (χ1v) is 6.96. The normalized spacial score (nSPS) is 16.2. The lowest BCUT2D eigenvalue weighted by atomic mass is 10.1. The van der Waals surface area contributed by atoms with Crippen LogP contribution in [0.15, 0.2) is 0 Å². The van der Waals surface area contributed by atoms with Gasteiger partial charge in [-0.2, -0.15) is 0 Å². The molecule has 0 bridgehead atoms. The summed E-state index contributed by atoms with van der Waals surface area (Å²) in [4.78, 5) is 25.4. The van der Waals surface area contributed by atoms with Crippen LogP contribution in [0.3, 0.4) is 0 Å². The van der Waals surface area contributed by atoms with E-state index in [0.29, 0.717) is 6.54 Å². The molecule has 1 fully saturated rings. The minimum Gasteiger partial charge on any atom is -0.469 e. The Morgan fingerprint density at radius 2 is 2.00 bits per heavy atom. The topological polar surface area (TPSA) is 46.6 Å². The average Bonchev–Trinajstić information content (AvgIpc) is 3.20. The van der Waals surface area contributed by atoms with E-state index in [-0.39, 0.29) is 23.7 Å². The average molecular weight is 255 g/mol. The number of amides is 1. The van der Waals surface area contributed by atoms with Crippen molar-refractivity contribution in [3.63, 3.8) is 0 Å². The summed E-state index contributed by atoms with van der Waals surface area (Å²) in [5.41, 5.74) is 0. The van der Waals surface area contributed by atoms with Crippen molar-refractivity contribution in [2.45, 2.75) is 46.0 Å². The van der Waals surface area contributed by atoms with Gasteiger partial charge in [0.25, 0.3) is 0 Å². The van der Waals surface area contributed by atoms with E-state index >= 15 is 0 Å². The Morgan fingerprint density at radius 3 is 2.50 bits per heavy atom. The molecule has 0 saturated heterocycles. The van der Waals surface area contributed by atoms with Crippen molar-refractivity contribution in [3.8, 4) is 0 Å². The quantitative estimate of drug-likeness (QED) is 0.493. The number of nitrogens with zero attached hydrogens (tertiary/aromatic N) is 1. The molecule has 0 heterocycles. The molecule has 1 aliphatic carbocycles. The number of carbonyl (C=O) groups excluding carboxylic acids is 2. The summed E-state index contributed by atoms with van der Waals surface area (Å²) < 4.78 is 4.72. The molecule has 4 nitrogen and oxygen atoms in total. The molecule has 18 heavy (non-hydrogen) atoms. The second-order valence-electron chi connectivity index (χ2n) is 5.19. The summed E-state index contributed by atoms with van der Waals surface area (Å²) in [5, 5.41) is 0. The van der Waals surface area contributed by atoms with Gasteiger partial charge in [0.15, 0.2) is 0 Å². The molecular formula is C14H25NO3. The fourth-order valence-corrected chi connectivity index (χ4v) is 2.04. The summed E-state index contributed by atoms with van der Waals surface area (Å²) >= 11 is 0. The molecule has 1 unspecified atom stereocenters. The molecule has 1 atom stereocenters. The molecule has 0 aromatic heterocycles. The number of methoxy groups -OCH3 is 1. The molecule has 0 aliphatic heterocycles. The summed E-state index contributed by atoms with van der Waals surface area (Å²) in [6.07, 6.45) is 5.30. The maximum Gasteiger partial charge on any atom is 0.310 e. The van der Waals surface area contributed by atoms with Gasteiger partial charge < -0.3 is 9.64 Å². The minimum absolute atomic E-state index is 0.219. The first-order valence-electron chi connectivity index (χ1n) is 6.96. The van der Waals surface area contributed by atoms with Gasteiger partial charge in [0.1, 0.15) is 0 Å². The maximum atomic E-state index is 12.1. The third kappa shape index (κ3) is 4.67. The fraction of sp³-hybridized carbons (Fsp3) is 0.857. The number of carbonyl (C=O) groups is 2. The standard InChI is InChI=1S/C14H25NO3/c1-4-5-6-9-15(13(16)12-7-8-12)10-11(2)14(17)18-3/h11-12H,4-10H2,1-3H3. The van der Waals surface area contributed by atoms with Crippen molar-refractivity contribution in [2.75, 3.05) is 20.2 Å². The molecule has 1 amide bonds. The van der Waals surface area contributed by atoms with E-state index in [9.17, 15) is 9.59 Å². The van der Waals surface area contributed by atoms with Gasteiger partial charge in [-0.25, -0.2) is 0 Å². The zero-order valence-corrected chi connectivity index (χ0v) is 11.8. The van der Waals surface area contributed by atoms with Gasteiger partial charge in [-0.3, -0.25) is 9.59 Å². The highest BCUT2D eigenvalue weighted by Gasteiger charge is 2.34. The summed E-state index contributed by atoms with van der Waals surface area (Å²) in [6.45, 7) is 5.22. The molecule has 0 radical (unpaired) electrons. The third-order valence-electron chi connectivity index (χ3n) is 3.37. The van der Waals surface area contributed by atoms with E-state index < -0.39 is 0 Å². The molecule has 1 aliphatic rings. The molecule has 104 valence electrons. The van der Waals surface area contributed by atoms with E-state index in [2.05, 4.69) is 6.92 Å². The Hall–Kier alpha value is -1.06. The Morgan fingerprint density at radius 1 is 1.33 bits per heavy atom. The van der Waals surface area contributed by atoms with E-state index in [1.165, 1.54) is 7.11 Å². The Labute approximate surface area is 110 Å². The molecule has 0 aromatic rings. The number of rotatable bonds is 8. The Bertz CT molecular complexity index is 287. The zero-order valence-electron chi connectivity index (χ0n) is 11.8. The van der Waals surface area contributed by atoms with E-state index in [0.717, 1.165) is 38.6 Å². The Balaban J connectivity index is 2.47. The predicted octanol–water partition coefficient (Wildman–Crippen LogP) is 2.22. The molecule has 1 rings (SSSR count). The number of esters is 1. The highest BCUT2D eigenvalue weighted by atomic mass is 16.5. The molecular weight excluding hydrogens is 230 g/mol. The lowest BCUT2D eigenvalue weighted by Gasteiger charge is -2.25. The monoisotopic (exact) mass is 255 g/mol. The van der Waals surface area contributed by atoms with Crippen molar-refractivity contribution < 1.29 is 14.3 Å². The molecule has 1 saturated carbocycles. The smallest absolute Gasteiger partial charge is 0.310 e. The van der Waals surface area contributed by atoms with Crippen LogP contribution in [-0.2, 0) is 14.3 Å². The van der Waals surface area contributed by atoms with E-state index in [4.69, 9.17) is 4.74 Å². The Kier molecular flexibility index (Phi) is 6.16. The second-order valence-corrected chi connectivity index (χ2v) is 5.19. The van der Waals surface area contributed by atoms with Gasteiger partial charge in [0.05, 0.1) is 13.0 Å². The zero-order chi connectivity index (χ0) is 13.5. The summed E-state index contributed by atoms with van der Waals surface area (Å²) in [7, 11) is 1.39. The van der Waals surface area contributed by atoms with Crippen LogP contribution in [0.25, 0.3) is 0 Å². The highest BCUT2D eigenvalue weighted by Crippen LogP contribution is 2.31. The van der Waals surface area contributed by atoms with Crippen LogP contribution >= 0.6 is 0 Å². The van der Waals surface area contributed by atoms with Crippen molar-refractivity contribution in [1.29, 1.82) is 0 Å². The number of hydrogen-bond donors (Lipinski definition) is 0. The number of ether oxygens (including phenoxy) is 1. The third-order valence-corrected chi connectivity index (χ3v) is 3.37. The highest BCUT2D eigenvalue weighted by molar-refractivity contribution is 5.82. The van der Waals surface area contributed by atoms with Crippen LogP contribution in [0, 0.1) is 11.8 Å². The van der Waals surface area contributed by atoms with Crippen LogP contribution in [0.5, 0.6) is 0 Å². The van der Waals surface area contributed by atoms with Crippen molar-refractivity contribution >= 4 is 11.9 Å². The van der Waals surface area contributed by atoms with Crippen LogP contribution in [0.2, 0.25) is 0 Å². The first kappa shape index (κ1) is 15.0. The predicted molar refractivity (Wildman–Crippen MR) is 70.0 cm³/mol. The fourth-order valence-electron chi connectivity index (χ4n) is 2.04. The van der Waals surface area contributed by atoms with Gasteiger partial charge in [0, 0.05) is 19.0 Å². The van der Waals surface area contributed by atoms with E-state index in [1.807, 2.05) is 11.8 Å². The van der Waals surface area contributed by atoms with Gasteiger partial charge in [-0.05, 0) is 19.3 Å². The van der Waals surface area contributed by atoms with Crippen LogP contribution in [0.4, 0.5) is 0 Å². The largest absolute Gasteiger partial charge is 0.469 e. The molecule has 0 spiro atoms. The van der Waals surface area contributed by atoms with Crippen LogP contribution < -0.4 is 0 Å². The lowest BCUT2D eigenvalue weighted by Crippen LogP contribution is -2.38. The van der Waals surface area contributed by atoms with Gasteiger partial charge in [-0.15, -0.1) is 0 Å². The lowest BCUT2D eigenvalue weighted by molar-refractivity contribution is -0.146. The van der Waals surface area contributed by atoms with Crippen LogP contribution in [0.1, 0.15) is 46.0 Å².